The summed E-state index contributed by atoms with van der Waals surface area (Å²) in [6, 6.07) is 0.355. The van der Waals surface area contributed by atoms with Crippen molar-refractivity contribution in [1.82, 2.24) is 10.2 Å². The average molecular weight is 227 g/mol. The van der Waals surface area contributed by atoms with Crippen LogP contribution in [0.3, 0.4) is 0 Å². The Kier molecular flexibility index (Phi) is 4.19. The Morgan fingerprint density at radius 3 is 2.69 bits per heavy atom. The molecule has 16 heavy (non-hydrogen) atoms. The number of nitrogens with zero attached hydrogens (tertiary/aromatic N) is 1. The van der Waals surface area contributed by atoms with Crippen molar-refractivity contribution in [2.75, 3.05) is 13.1 Å². The molecule has 2 amide bonds. The molecule has 0 bridgehead atoms. The lowest BCUT2D eigenvalue weighted by molar-refractivity contribution is 0.152. The average Bonchev–Trinajstić information content (AvgIpc) is 2.45. The number of urea groups is 1. The Bertz CT molecular complexity index is 251. The molecule has 4 nitrogen and oxygen atoms in total. The maximum atomic E-state index is 11.9. The minimum absolute atomic E-state index is 0.0594. The van der Waals surface area contributed by atoms with Crippen molar-refractivity contribution in [3.05, 3.63) is 0 Å². The van der Waals surface area contributed by atoms with Gasteiger partial charge in [-0.3, -0.25) is 0 Å². The zero-order valence-electron chi connectivity index (χ0n) is 10.9. The Morgan fingerprint density at radius 2 is 2.19 bits per heavy atom. The number of nitrogens with two attached hydrogens (primary N) is 1. The second-order valence-corrected chi connectivity index (χ2v) is 5.74. The summed E-state index contributed by atoms with van der Waals surface area (Å²) >= 11 is 0. The van der Waals surface area contributed by atoms with Crippen LogP contribution >= 0.6 is 0 Å². The number of nitrogens with one attached hydrogen (secondary N) is 1. The zero-order chi connectivity index (χ0) is 12.3. The largest absolute Gasteiger partial charge is 0.333 e. The topological polar surface area (TPSA) is 58.4 Å². The van der Waals surface area contributed by atoms with E-state index in [0.29, 0.717) is 18.5 Å². The fraction of sp³-hybridized carbons (Fsp3) is 0.917. The van der Waals surface area contributed by atoms with Gasteiger partial charge < -0.3 is 16.0 Å². The molecule has 1 heterocycles. The molecule has 1 fully saturated rings. The van der Waals surface area contributed by atoms with Crippen LogP contribution in [0.4, 0.5) is 4.79 Å². The monoisotopic (exact) mass is 227 g/mol. The molecule has 3 N–H and O–H groups in total. The summed E-state index contributed by atoms with van der Waals surface area (Å²) in [6.07, 6.45) is 1.88. The van der Waals surface area contributed by atoms with Crippen LogP contribution in [0.15, 0.2) is 0 Å². The highest BCUT2D eigenvalue weighted by molar-refractivity contribution is 5.77. The van der Waals surface area contributed by atoms with Crippen LogP contribution in [0, 0.1) is 5.92 Å². The van der Waals surface area contributed by atoms with Crippen LogP contribution in [0.5, 0.6) is 0 Å². The van der Waals surface area contributed by atoms with E-state index in [1.165, 1.54) is 0 Å². The first-order chi connectivity index (χ1) is 7.36. The fourth-order valence-corrected chi connectivity index (χ4v) is 2.31. The molecular weight excluding hydrogens is 202 g/mol. The van der Waals surface area contributed by atoms with Gasteiger partial charge in [0.15, 0.2) is 0 Å². The van der Waals surface area contributed by atoms with Crippen molar-refractivity contribution in [2.24, 2.45) is 11.7 Å². The van der Waals surface area contributed by atoms with Crippen LogP contribution < -0.4 is 11.1 Å². The molecule has 94 valence electrons. The van der Waals surface area contributed by atoms with Gasteiger partial charge in [0, 0.05) is 18.1 Å². The van der Waals surface area contributed by atoms with Gasteiger partial charge in [-0.15, -0.1) is 0 Å². The molecule has 1 unspecified atom stereocenters. The molecule has 0 aromatic heterocycles. The number of carbonyl (C=O) groups is 1. The predicted octanol–water partition coefficient (Wildman–Crippen LogP) is 1.55. The summed E-state index contributed by atoms with van der Waals surface area (Å²) in [7, 11) is 0. The Balaban J connectivity index is 2.60. The third-order valence-electron chi connectivity index (χ3n) is 3.22. The van der Waals surface area contributed by atoms with Crippen LogP contribution in [-0.2, 0) is 0 Å². The SMILES string of the molecule is CC(C)CC1CN(C(C)(C)CCN)C(=O)N1. The normalized spacial score (nSPS) is 21.8. The molecule has 1 aliphatic rings. The minimum atomic E-state index is -0.134. The molecule has 0 saturated carbocycles. The molecule has 0 aromatic rings. The number of rotatable bonds is 5. The van der Waals surface area contributed by atoms with Crippen molar-refractivity contribution in [1.29, 1.82) is 0 Å². The third-order valence-corrected chi connectivity index (χ3v) is 3.22. The summed E-state index contributed by atoms with van der Waals surface area (Å²) in [5.41, 5.74) is 5.45. The van der Waals surface area contributed by atoms with Gasteiger partial charge in [0.05, 0.1) is 0 Å². The first kappa shape index (κ1) is 13.3. The van der Waals surface area contributed by atoms with Crippen LogP contribution in [0.1, 0.15) is 40.5 Å². The van der Waals surface area contributed by atoms with Gasteiger partial charge >= 0.3 is 6.03 Å². The number of carbonyl (C=O) groups excluding carboxylic acids is 1. The Labute approximate surface area is 98.6 Å². The van der Waals surface area contributed by atoms with E-state index in [0.717, 1.165) is 19.4 Å². The van der Waals surface area contributed by atoms with Crippen molar-refractivity contribution in [2.45, 2.75) is 52.1 Å². The second-order valence-electron chi connectivity index (χ2n) is 5.74. The van der Waals surface area contributed by atoms with Gasteiger partial charge in [-0.1, -0.05) is 13.8 Å². The number of amides is 2. The van der Waals surface area contributed by atoms with E-state index in [1.807, 2.05) is 4.90 Å². The predicted molar refractivity (Wildman–Crippen MR) is 66.2 cm³/mol. The van der Waals surface area contributed by atoms with Crippen LogP contribution in [0.2, 0.25) is 0 Å². The maximum Gasteiger partial charge on any atom is 0.318 e. The van der Waals surface area contributed by atoms with Crippen LogP contribution in [-0.4, -0.2) is 35.6 Å². The van der Waals surface area contributed by atoms with Gasteiger partial charge in [-0.05, 0) is 39.2 Å². The number of hydrogen-bond acceptors (Lipinski definition) is 2. The van der Waals surface area contributed by atoms with Crippen molar-refractivity contribution in [3.8, 4) is 0 Å². The van der Waals surface area contributed by atoms with Gasteiger partial charge in [-0.2, -0.15) is 0 Å². The first-order valence-corrected chi connectivity index (χ1v) is 6.15. The van der Waals surface area contributed by atoms with E-state index in [-0.39, 0.29) is 11.6 Å². The highest BCUT2D eigenvalue weighted by Crippen LogP contribution is 2.23. The molecule has 1 rings (SSSR count). The molecule has 0 aromatic carbocycles. The standard InChI is InChI=1S/C12H25N3O/c1-9(2)7-10-8-15(11(16)14-10)12(3,4)5-6-13/h9-10H,5-8,13H2,1-4H3,(H,14,16). The molecule has 4 heteroatoms. The Morgan fingerprint density at radius 1 is 1.56 bits per heavy atom. The summed E-state index contributed by atoms with van der Waals surface area (Å²) in [6.45, 7) is 9.95. The summed E-state index contributed by atoms with van der Waals surface area (Å²) < 4.78 is 0. The lowest BCUT2D eigenvalue weighted by Crippen LogP contribution is -2.47. The van der Waals surface area contributed by atoms with Crippen LogP contribution in [0.25, 0.3) is 0 Å². The van der Waals surface area contributed by atoms with E-state index in [2.05, 4.69) is 33.0 Å². The lowest BCUT2D eigenvalue weighted by Gasteiger charge is -2.34. The van der Waals surface area contributed by atoms with Crippen molar-refractivity contribution in [3.63, 3.8) is 0 Å². The van der Waals surface area contributed by atoms with Crippen molar-refractivity contribution < 1.29 is 4.79 Å². The fourth-order valence-electron chi connectivity index (χ4n) is 2.31. The lowest BCUT2D eigenvalue weighted by atomic mass is 9.97. The second kappa shape index (κ2) is 5.04. The summed E-state index contributed by atoms with van der Waals surface area (Å²) in [5, 5.41) is 3.05. The molecule has 0 aliphatic carbocycles. The zero-order valence-corrected chi connectivity index (χ0v) is 10.9. The van der Waals surface area contributed by atoms with E-state index in [9.17, 15) is 4.79 Å². The Hall–Kier alpha value is -0.770. The van der Waals surface area contributed by atoms with Crippen molar-refractivity contribution >= 4 is 6.03 Å². The summed E-state index contributed by atoms with van der Waals surface area (Å²) in [4.78, 5) is 13.8. The number of hydrogen-bond donors (Lipinski definition) is 2. The molecule has 1 aliphatic heterocycles. The molecule has 1 atom stereocenters. The maximum absolute atomic E-state index is 11.9. The van der Waals surface area contributed by atoms with Gasteiger partial charge in [0.25, 0.3) is 0 Å². The van der Waals surface area contributed by atoms with Gasteiger partial charge in [-0.25, -0.2) is 4.79 Å². The smallest absolute Gasteiger partial charge is 0.318 e. The third kappa shape index (κ3) is 3.11. The van der Waals surface area contributed by atoms with Gasteiger partial charge in [0.2, 0.25) is 0 Å². The van der Waals surface area contributed by atoms with E-state index < -0.39 is 0 Å². The molecular formula is C12H25N3O. The quantitative estimate of drug-likeness (QED) is 0.748. The van der Waals surface area contributed by atoms with Gasteiger partial charge in [0.1, 0.15) is 0 Å². The highest BCUT2D eigenvalue weighted by atomic mass is 16.2. The molecule has 0 radical (unpaired) electrons. The molecule has 1 saturated heterocycles. The van der Waals surface area contributed by atoms with E-state index in [4.69, 9.17) is 5.73 Å². The first-order valence-electron chi connectivity index (χ1n) is 6.15. The van der Waals surface area contributed by atoms with E-state index in [1.54, 1.807) is 0 Å². The summed E-state index contributed by atoms with van der Waals surface area (Å²) in [5.74, 6) is 0.614. The highest BCUT2D eigenvalue weighted by Gasteiger charge is 2.37. The molecule has 0 spiro atoms. The van der Waals surface area contributed by atoms with E-state index >= 15 is 0 Å². The minimum Gasteiger partial charge on any atom is -0.333 e.